The summed E-state index contributed by atoms with van der Waals surface area (Å²) in [7, 11) is 0. The van der Waals surface area contributed by atoms with Crippen LogP contribution in [-0.2, 0) is 14.4 Å². The minimum atomic E-state index is -0.549. The largest absolute Gasteiger partial charge is 0.493 e. The fourth-order valence-electron chi connectivity index (χ4n) is 3.74. The maximum absolute atomic E-state index is 13.4. The van der Waals surface area contributed by atoms with Crippen LogP contribution in [0.1, 0.15) is 73.6 Å². The maximum Gasteiger partial charge on any atom is 0.229 e. The van der Waals surface area contributed by atoms with Crippen LogP contribution in [0.15, 0.2) is 18.2 Å². The smallest absolute Gasteiger partial charge is 0.229 e. The van der Waals surface area contributed by atoms with Gasteiger partial charge >= 0.3 is 0 Å². The van der Waals surface area contributed by atoms with Gasteiger partial charge in [0, 0.05) is 30.2 Å². The third-order valence-electron chi connectivity index (χ3n) is 5.74. The van der Waals surface area contributed by atoms with Gasteiger partial charge in [-0.1, -0.05) is 26.0 Å². The Labute approximate surface area is 176 Å². The molecule has 1 heterocycles. The van der Waals surface area contributed by atoms with E-state index in [9.17, 15) is 24.0 Å². The summed E-state index contributed by atoms with van der Waals surface area (Å²) in [6.45, 7) is 5.28. The molecule has 1 aromatic rings. The zero-order valence-electron chi connectivity index (χ0n) is 17.7. The molecule has 3 atom stereocenters. The zero-order chi connectivity index (χ0) is 22.3. The molecule has 7 nitrogen and oxygen atoms in total. The molecule has 162 valence electrons. The normalized spacial score (nSPS) is 18.3. The van der Waals surface area contributed by atoms with Crippen molar-refractivity contribution in [1.82, 2.24) is 5.32 Å². The van der Waals surface area contributed by atoms with Crippen molar-refractivity contribution in [2.24, 2.45) is 17.8 Å². The summed E-state index contributed by atoms with van der Waals surface area (Å²) in [5, 5.41) is 2.34. The van der Waals surface area contributed by atoms with Crippen molar-refractivity contribution in [2.45, 2.75) is 52.9 Å². The molecule has 1 aliphatic heterocycles. The van der Waals surface area contributed by atoms with Crippen molar-refractivity contribution in [1.29, 1.82) is 0 Å². The van der Waals surface area contributed by atoms with Crippen molar-refractivity contribution < 1.29 is 28.7 Å². The molecule has 7 heteroatoms. The van der Waals surface area contributed by atoms with Crippen LogP contribution in [0.25, 0.3) is 0 Å². The first-order valence-electron chi connectivity index (χ1n) is 10.4. The molecule has 1 N–H and O–H groups in total. The number of hydrogen-bond acceptors (Lipinski definition) is 6. The number of benzene rings is 1. The van der Waals surface area contributed by atoms with Gasteiger partial charge < -0.3 is 9.53 Å². The Balaban J connectivity index is 2.25. The van der Waals surface area contributed by atoms with Crippen molar-refractivity contribution in [3.63, 3.8) is 0 Å². The molecule has 0 spiro atoms. The molecule has 1 saturated heterocycles. The van der Waals surface area contributed by atoms with E-state index in [1.807, 2.05) is 6.92 Å². The van der Waals surface area contributed by atoms with Gasteiger partial charge in [-0.05, 0) is 38.2 Å². The van der Waals surface area contributed by atoms with Crippen molar-refractivity contribution in [3.05, 3.63) is 29.3 Å². The van der Waals surface area contributed by atoms with Gasteiger partial charge in [0.15, 0.2) is 11.6 Å². The van der Waals surface area contributed by atoms with E-state index in [4.69, 9.17) is 4.74 Å². The molecule has 0 radical (unpaired) electrons. The monoisotopic (exact) mass is 415 g/mol. The average Bonchev–Trinajstić information content (AvgIpc) is 2.71. The molecule has 1 fully saturated rings. The fourth-order valence-corrected chi connectivity index (χ4v) is 3.74. The second kappa shape index (κ2) is 10.8. The Morgan fingerprint density at radius 1 is 1.23 bits per heavy atom. The Hall–Kier alpha value is -2.83. The fraction of sp³-hybridized carbons (Fsp3) is 0.522. The first kappa shape index (κ1) is 23.4. The predicted molar refractivity (Wildman–Crippen MR) is 110 cm³/mol. The lowest BCUT2D eigenvalue weighted by Gasteiger charge is -2.30. The van der Waals surface area contributed by atoms with Crippen LogP contribution in [0, 0.1) is 17.8 Å². The maximum atomic E-state index is 13.4. The summed E-state index contributed by atoms with van der Waals surface area (Å²) in [5.74, 6) is -2.14. The van der Waals surface area contributed by atoms with Gasteiger partial charge in [0.25, 0.3) is 0 Å². The van der Waals surface area contributed by atoms with E-state index in [-0.39, 0.29) is 46.8 Å². The van der Waals surface area contributed by atoms with Gasteiger partial charge in [-0.3, -0.25) is 24.5 Å². The van der Waals surface area contributed by atoms with E-state index in [2.05, 4.69) is 5.32 Å². The highest BCUT2D eigenvalue weighted by Gasteiger charge is 2.37. The minimum Gasteiger partial charge on any atom is -0.493 e. The van der Waals surface area contributed by atoms with Crippen LogP contribution in [0.2, 0.25) is 0 Å². The molecule has 2 rings (SSSR count). The lowest BCUT2D eigenvalue weighted by Crippen LogP contribution is -2.45. The quantitative estimate of drug-likeness (QED) is 0.258. The number of aldehydes is 1. The van der Waals surface area contributed by atoms with Gasteiger partial charge in [-0.25, -0.2) is 0 Å². The molecular formula is C23H29NO6. The first-order chi connectivity index (χ1) is 14.3. The Bertz CT molecular complexity index is 831. The Morgan fingerprint density at radius 3 is 2.60 bits per heavy atom. The predicted octanol–water partition coefficient (Wildman–Crippen LogP) is 3.14. The van der Waals surface area contributed by atoms with Crippen LogP contribution in [-0.4, -0.2) is 36.3 Å². The van der Waals surface area contributed by atoms with Crippen LogP contribution in [0.5, 0.6) is 5.75 Å². The standard InChI is InChI=1S/C23H29NO6/c1-14(17-10-11-20(27)24-23(17)29)15(2)22(28)21-18(16(3)26)8-7-9-19(21)30-13-6-4-5-12-25/h7-9,12,14-15,17H,4-6,10-11,13H2,1-3H3,(H,24,27,29). The number of nitrogens with one attached hydrogen (secondary N) is 1. The van der Waals surface area contributed by atoms with Crippen molar-refractivity contribution in [3.8, 4) is 5.75 Å². The molecule has 3 unspecified atom stereocenters. The third-order valence-corrected chi connectivity index (χ3v) is 5.74. The molecule has 1 aromatic carbocycles. The number of ether oxygens (including phenoxy) is 1. The SMILES string of the molecule is CC(=O)c1cccc(OCCCCC=O)c1C(=O)C(C)C(C)C1CCC(=O)NC1=O. The lowest BCUT2D eigenvalue weighted by atomic mass is 9.76. The number of imide groups is 1. The van der Waals surface area contributed by atoms with E-state index < -0.39 is 11.8 Å². The number of ketones is 2. The topological polar surface area (TPSA) is 107 Å². The van der Waals surface area contributed by atoms with E-state index in [0.29, 0.717) is 38.0 Å². The molecule has 30 heavy (non-hydrogen) atoms. The highest BCUT2D eigenvalue weighted by atomic mass is 16.5. The summed E-state index contributed by atoms with van der Waals surface area (Å²) < 4.78 is 5.79. The minimum absolute atomic E-state index is 0.229. The number of rotatable bonds is 11. The number of carbonyl (C=O) groups is 5. The first-order valence-corrected chi connectivity index (χ1v) is 10.4. The second-order valence-electron chi connectivity index (χ2n) is 7.82. The van der Waals surface area contributed by atoms with Gasteiger partial charge in [-0.2, -0.15) is 0 Å². The summed E-state index contributed by atoms with van der Waals surface area (Å²) in [6.07, 6.45) is 3.28. The highest BCUT2D eigenvalue weighted by molar-refractivity contribution is 6.11. The molecule has 0 bridgehead atoms. The number of unbranched alkanes of at least 4 members (excludes halogenated alkanes) is 2. The van der Waals surface area contributed by atoms with Crippen molar-refractivity contribution in [2.75, 3.05) is 6.61 Å². The van der Waals surface area contributed by atoms with Crippen LogP contribution >= 0.6 is 0 Å². The summed E-state index contributed by atoms with van der Waals surface area (Å²) in [4.78, 5) is 59.7. The van der Waals surface area contributed by atoms with Gasteiger partial charge in [-0.15, -0.1) is 0 Å². The van der Waals surface area contributed by atoms with E-state index >= 15 is 0 Å². The number of carbonyl (C=O) groups excluding carboxylic acids is 5. The average molecular weight is 415 g/mol. The Morgan fingerprint density at radius 2 is 1.97 bits per heavy atom. The van der Waals surface area contributed by atoms with E-state index in [0.717, 1.165) is 6.29 Å². The third kappa shape index (κ3) is 5.62. The molecule has 1 aliphatic rings. The molecular weight excluding hydrogens is 386 g/mol. The van der Waals surface area contributed by atoms with Crippen LogP contribution in [0.3, 0.4) is 0 Å². The lowest BCUT2D eigenvalue weighted by molar-refractivity contribution is -0.138. The van der Waals surface area contributed by atoms with E-state index in [1.54, 1.807) is 25.1 Å². The highest BCUT2D eigenvalue weighted by Crippen LogP contribution is 2.33. The van der Waals surface area contributed by atoms with Crippen LogP contribution < -0.4 is 10.1 Å². The number of hydrogen-bond donors (Lipinski definition) is 1. The second-order valence-corrected chi connectivity index (χ2v) is 7.82. The van der Waals surface area contributed by atoms with Crippen molar-refractivity contribution >= 4 is 29.7 Å². The molecule has 2 amide bonds. The van der Waals surface area contributed by atoms with E-state index in [1.165, 1.54) is 6.92 Å². The summed E-state index contributed by atoms with van der Waals surface area (Å²) in [6, 6.07) is 4.92. The number of piperidine rings is 1. The number of Topliss-reactive ketones (excluding diaryl/α,β-unsaturated/α-hetero) is 2. The molecule has 0 aliphatic carbocycles. The van der Waals surface area contributed by atoms with Gasteiger partial charge in [0.2, 0.25) is 11.8 Å². The van der Waals surface area contributed by atoms with Gasteiger partial charge in [0.1, 0.15) is 12.0 Å². The zero-order valence-corrected chi connectivity index (χ0v) is 17.7. The van der Waals surface area contributed by atoms with Crippen LogP contribution in [0.4, 0.5) is 0 Å². The van der Waals surface area contributed by atoms with Gasteiger partial charge in [0.05, 0.1) is 12.2 Å². The summed E-state index contributed by atoms with van der Waals surface area (Å²) in [5.41, 5.74) is 0.514. The molecule has 0 aromatic heterocycles. The summed E-state index contributed by atoms with van der Waals surface area (Å²) >= 11 is 0. The molecule has 0 saturated carbocycles. The number of amides is 2. The Kier molecular flexibility index (Phi) is 8.45.